The normalized spacial score (nSPS) is 14.9. The van der Waals surface area contributed by atoms with Gasteiger partial charge in [-0.25, -0.2) is 17.9 Å². The summed E-state index contributed by atoms with van der Waals surface area (Å²) in [6.45, 7) is 2.31. The molecule has 0 bridgehead atoms. The highest BCUT2D eigenvalue weighted by Gasteiger charge is 2.19. The highest BCUT2D eigenvalue weighted by atomic mass is 32.2. The summed E-state index contributed by atoms with van der Waals surface area (Å²) < 4.78 is 39.6. The van der Waals surface area contributed by atoms with Gasteiger partial charge in [-0.2, -0.15) is 4.98 Å². The number of allylic oxidation sites excluding steroid dienone is 1. The molecule has 1 aliphatic carbocycles. The number of hydrogen-bond acceptors (Lipinski definition) is 7. The fraction of sp³-hybridized carbons (Fsp3) is 0.450. The van der Waals surface area contributed by atoms with Gasteiger partial charge in [0.15, 0.2) is 11.4 Å². The maximum Gasteiger partial charge on any atom is 0.420 e. The average molecular weight is 433 g/mol. The van der Waals surface area contributed by atoms with Crippen molar-refractivity contribution in [2.24, 2.45) is 0 Å². The van der Waals surface area contributed by atoms with Crippen LogP contribution in [0.5, 0.6) is 0 Å². The third kappa shape index (κ3) is 4.39. The molecule has 0 aliphatic heterocycles. The standard InChI is InChI=1S/C20H24N4O5S/c1-2-19-22-18(23-29-19)13-24-16-9-8-15(12-17(16)28-20(24)25)30(26,27)21-11-10-14-6-4-3-5-7-14/h6,8-9,12,21H,2-5,7,10-11,13H2,1H3. The van der Waals surface area contributed by atoms with Crippen LogP contribution in [0.1, 0.15) is 50.7 Å². The van der Waals surface area contributed by atoms with Crippen LogP contribution in [0.4, 0.5) is 0 Å². The molecule has 1 aliphatic rings. The molecular formula is C20H24N4O5S. The SMILES string of the molecule is CCc1nc(Cn2c(=O)oc3cc(S(=O)(=O)NCCC4=CCCCC4)ccc32)no1. The Morgan fingerprint density at radius 3 is 2.87 bits per heavy atom. The summed E-state index contributed by atoms with van der Waals surface area (Å²) >= 11 is 0. The molecule has 0 atom stereocenters. The Morgan fingerprint density at radius 1 is 1.27 bits per heavy atom. The van der Waals surface area contributed by atoms with Gasteiger partial charge in [-0.15, -0.1) is 0 Å². The lowest BCUT2D eigenvalue weighted by molar-refractivity contribution is 0.375. The molecule has 9 nitrogen and oxygen atoms in total. The summed E-state index contributed by atoms with van der Waals surface area (Å²) in [6.07, 6.45) is 7.97. The number of sulfonamides is 1. The number of hydrogen-bond donors (Lipinski definition) is 1. The first kappa shape index (κ1) is 20.5. The number of nitrogens with one attached hydrogen (secondary N) is 1. The molecular weight excluding hydrogens is 408 g/mol. The Labute approximate surface area is 173 Å². The Morgan fingerprint density at radius 2 is 2.13 bits per heavy atom. The van der Waals surface area contributed by atoms with Crippen molar-refractivity contribution in [2.45, 2.75) is 56.9 Å². The predicted octanol–water partition coefficient (Wildman–Crippen LogP) is 2.76. The van der Waals surface area contributed by atoms with E-state index in [0.717, 1.165) is 19.3 Å². The number of nitrogens with zero attached hydrogens (tertiary/aromatic N) is 3. The molecule has 10 heteroatoms. The highest BCUT2D eigenvalue weighted by Crippen LogP contribution is 2.21. The molecule has 0 saturated heterocycles. The fourth-order valence-corrected chi connectivity index (χ4v) is 4.61. The number of aromatic nitrogens is 3. The van der Waals surface area contributed by atoms with Crippen molar-refractivity contribution in [1.82, 2.24) is 19.4 Å². The summed E-state index contributed by atoms with van der Waals surface area (Å²) in [5.41, 5.74) is 1.96. The van der Waals surface area contributed by atoms with Crippen LogP contribution in [0.15, 0.2) is 48.5 Å². The van der Waals surface area contributed by atoms with E-state index in [-0.39, 0.29) is 17.0 Å². The van der Waals surface area contributed by atoms with Crippen molar-refractivity contribution in [1.29, 1.82) is 0 Å². The van der Waals surface area contributed by atoms with E-state index in [1.807, 2.05) is 6.92 Å². The van der Waals surface area contributed by atoms with Crippen molar-refractivity contribution in [3.05, 3.63) is 52.1 Å². The van der Waals surface area contributed by atoms with Crippen molar-refractivity contribution in [2.75, 3.05) is 6.54 Å². The van der Waals surface area contributed by atoms with Gasteiger partial charge >= 0.3 is 5.76 Å². The van der Waals surface area contributed by atoms with E-state index < -0.39 is 15.8 Å². The van der Waals surface area contributed by atoms with E-state index in [2.05, 4.69) is 20.9 Å². The Hall–Kier alpha value is -2.72. The van der Waals surface area contributed by atoms with Crippen LogP contribution in [-0.2, 0) is 23.0 Å². The maximum atomic E-state index is 12.6. The van der Waals surface area contributed by atoms with E-state index in [9.17, 15) is 13.2 Å². The summed E-state index contributed by atoms with van der Waals surface area (Å²) in [6, 6.07) is 4.38. The van der Waals surface area contributed by atoms with Crippen LogP contribution in [0, 0.1) is 0 Å². The van der Waals surface area contributed by atoms with Crippen molar-refractivity contribution >= 4 is 21.1 Å². The van der Waals surface area contributed by atoms with Crippen molar-refractivity contribution in [3.63, 3.8) is 0 Å². The van der Waals surface area contributed by atoms with Gasteiger partial charge in [-0.1, -0.05) is 23.7 Å². The molecule has 1 aromatic carbocycles. The van der Waals surface area contributed by atoms with E-state index >= 15 is 0 Å². The van der Waals surface area contributed by atoms with Crippen LogP contribution >= 0.6 is 0 Å². The zero-order valence-electron chi connectivity index (χ0n) is 16.8. The first-order valence-electron chi connectivity index (χ1n) is 10.1. The number of fused-ring (bicyclic) bond motifs is 1. The van der Waals surface area contributed by atoms with E-state index in [4.69, 9.17) is 8.94 Å². The number of oxazole rings is 1. The lowest BCUT2D eigenvalue weighted by Crippen LogP contribution is -2.25. The summed E-state index contributed by atoms with van der Waals surface area (Å²) in [5, 5.41) is 3.84. The second-order valence-electron chi connectivity index (χ2n) is 7.30. The zero-order valence-corrected chi connectivity index (χ0v) is 17.6. The molecule has 30 heavy (non-hydrogen) atoms. The van der Waals surface area contributed by atoms with Gasteiger partial charge in [0.2, 0.25) is 15.9 Å². The van der Waals surface area contributed by atoms with E-state index in [1.54, 1.807) is 6.07 Å². The number of rotatable bonds is 8. The third-order valence-corrected chi connectivity index (χ3v) is 6.64. The first-order valence-corrected chi connectivity index (χ1v) is 11.6. The first-order chi connectivity index (χ1) is 14.5. The lowest BCUT2D eigenvalue weighted by Gasteiger charge is -2.13. The van der Waals surface area contributed by atoms with Gasteiger partial charge < -0.3 is 8.94 Å². The van der Waals surface area contributed by atoms with E-state index in [1.165, 1.54) is 28.7 Å². The minimum absolute atomic E-state index is 0.0568. The molecule has 1 N–H and O–H groups in total. The molecule has 2 aromatic heterocycles. The molecule has 0 fully saturated rings. The Bertz CT molecular complexity index is 1240. The summed E-state index contributed by atoms with van der Waals surface area (Å²) in [5.74, 6) is 0.223. The molecule has 2 heterocycles. The van der Waals surface area contributed by atoms with Gasteiger partial charge in [0, 0.05) is 19.0 Å². The molecule has 160 valence electrons. The summed E-state index contributed by atoms with van der Waals surface area (Å²) in [7, 11) is -3.70. The van der Waals surface area contributed by atoms with Gasteiger partial charge in [0.1, 0.15) is 0 Å². The maximum absolute atomic E-state index is 12.6. The zero-order chi connectivity index (χ0) is 21.1. The van der Waals surface area contributed by atoms with E-state index in [0.29, 0.717) is 36.6 Å². The predicted molar refractivity (Wildman–Crippen MR) is 110 cm³/mol. The monoisotopic (exact) mass is 432 g/mol. The summed E-state index contributed by atoms with van der Waals surface area (Å²) in [4.78, 5) is 16.5. The third-order valence-electron chi connectivity index (χ3n) is 5.19. The quantitative estimate of drug-likeness (QED) is 0.543. The molecule has 4 rings (SSSR count). The minimum atomic E-state index is -3.70. The van der Waals surface area contributed by atoms with Gasteiger partial charge in [0.05, 0.1) is 17.0 Å². The topological polar surface area (TPSA) is 120 Å². The second kappa shape index (κ2) is 8.57. The average Bonchev–Trinajstić information content (AvgIpc) is 3.32. The molecule has 0 radical (unpaired) electrons. The van der Waals surface area contributed by atoms with Crippen LogP contribution in [0.3, 0.4) is 0 Å². The molecule has 0 saturated carbocycles. The van der Waals surface area contributed by atoms with Gasteiger partial charge in [-0.3, -0.25) is 4.57 Å². The minimum Gasteiger partial charge on any atom is -0.408 e. The second-order valence-corrected chi connectivity index (χ2v) is 9.06. The molecule has 0 spiro atoms. The van der Waals surface area contributed by atoms with Gasteiger partial charge in [-0.05, 0) is 44.2 Å². The number of aryl methyl sites for hydroxylation is 1. The number of benzene rings is 1. The Balaban J connectivity index is 1.51. The van der Waals surface area contributed by atoms with Crippen LogP contribution < -0.4 is 10.5 Å². The largest absolute Gasteiger partial charge is 0.420 e. The molecule has 0 unspecified atom stereocenters. The fourth-order valence-electron chi connectivity index (χ4n) is 3.56. The van der Waals surface area contributed by atoms with Crippen LogP contribution in [0.25, 0.3) is 11.1 Å². The lowest BCUT2D eigenvalue weighted by atomic mass is 9.97. The van der Waals surface area contributed by atoms with Crippen molar-refractivity contribution < 1.29 is 17.4 Å². The molecule has 0 amide bonds. The Kier molecular flexibility index (Phi) is 5.87. The van der Waals surface area contributed by atoms with Crippen LogP contribution in [0.2, 0.25) is 0 Å². The smallest absolute Gasteiger partial charge is 0.408 e. The van der Waals surface area contributed by atoms with Gasteiger partial charge in [0.25, 0.3) is 0 Å². The highest BCUT2D eigenvalue weighted by molar-refractivity contribution is 7.89. The van der Waals surface area contributed by atoms with Crippen molar-refractivity contribution in [3.8, 4) is 0 Å². The van der Waals surface area contributed by atoms with Crippen LogP contribution in [-0.4, -0.2) is 29.7 Å². The molecule has 3 aromatic rings.